The molecule has 1 saturated carbocycles. The average molecular weight is 245 g/mol. The number of pyridine rings is 1. The van der Waals surface area contributed by atoms with Gasteiger partial charge in [-0.05, 0) is 18.9 Å². The first-order valence-electron chi connectivity index (χ1n) is 6.80. The van der Waals surface area contributed by atoms with Gasteiger partial charge in [0.15, 0.2) is 0 Å². The smallest absolute Gasteiger partial charge is 0.232 e. The Morgan fingerprint density at radius 2 is 1.89 bits per heavy atom. The minimum atomic E-state index is -0.227. The normalized spacial score (nSPS) is 22.3. The molecule has 0 saturated heterocycles. The molecule has 4 heteroatoms. The Labute approximate surface area is 107 Å². The summed E-state index contributed by atoms with van der Waals surface area (Å²) in [5.41, 5.74) is 1.57. The summed E-state index contributed by atoms with van der Waals surface area (Å²) in [5.74, 6) is 0.170. The first kappa shape index (κ1) is 11.5. The van der Waals surface area contributed by atoms with E-state index >= 15 is 0 Å². The van der Waals surface area contributed by atoms with Gasteiger partial charge in [-0.3, -0.25) is 9.78 Å². The summed E-state index contributed by atoms with van der Waals surface area (Å²) in [7, 11) is 0. The van der Waals surface area contributed by atoms with Crippen molar-refractivity contribution < 1.29 is 4.79 Å². The van der Waals surface area contributed by atoms with E-state index in [1.54, 1.807) is 12.4 Å². The lowest BCUT2D eigenvalue weighted by atomic mass is 9.79. The average Bonchev–Trinajstić information content (AvgIpc) is 2.70. The summed E-state index contributed by atoms with van der Waals surface area (Å²) in [4.78, 5) is 16.6. The molecule has 0 unspecified atom stereocenters. The van der Waals surface area contributed by atoms with Gasteiger partial charge in [0.2, 0.25) is 5.91 Å². The molecule has 96 valence electrons. The third-order valence-electron chi connectivity index (χ3n) is 4.23. The highest BCUT2D eigenvalue weighted by atomic mass is 16.2. The summed E-state index contributed by atoms with van der Waals surface area (Å²) in [5, 5.41) is 6.47. The quantitative estimate of drug-likeness (QED) is 0.739. The minimum absolute atomic E-state index is 0.170. The Kier molecular flexibility index (Phi) is 2.94. The number of aromatic nitrogens is 1. The number of fused-ring (bicyclic) bond motifs is 1. The number of anilines is 2. The maximum Gasteiger partial charge on any atom is 0.232 e. The van der Waals surface area contributed by atoms with Crippen molar-refractivity contribution in [1.82, 2.24) is 4.98 Å². The highest BCUT2D eigenvalue weighted by molar-refractivity contribution is 5.99. The van der Waals surface area contributed by atoms with Crippen molar-refractivity contribution in [3.8, 4) is 0 Å². The van der Waals surface area contributed by atoms with Crippen molar-refractivity contribution in [2.45, 2.75) is 38.5 Å². The van der Waals surface area contributed by atoms with E-state index < -0.39 is 0 Å². The van der Waals surface area contributed by atoms with Crippen LogP contribution in [-0.2, 0) is 4.79 Å². The van der Waals surface area contributed by atoms with Crippen LogP contribution >= 0.6 is 0 Å². The zero-order valence-electron chi connectivity index (χ0n) is 10.5. The third kappa shape index (κ3) is 1.96. The number of amides is 1. The van der Waals surface area contributed by atoms with Gasteiger partial charge < -0.3 is 10.6 Å². The first-order valence-corrected chi connectivity index (χ1v) is 6.80. The monoisotopic (exact) mass is 245 g/mol. The van der Waals surface area contributed by atoms with Crippen LogP contribution in [0.4, 0.5) is 11.4 Å². The lowest BCUT2D eigenvalue weighted by Crippen LogP contribution is -2.39. The van der Waals surface area contributed by atoms with Gasteiger partial charge in [0.25, 0.3) is 0 Å². The molecule has 1 aliphatic heterocycles. The molecule has 1 amide bonds. The molecule has 1 aliphatic carbocycles. The van der Waals surface area contributed by atoms with Crippen LogP contribution in [0.1, 0.15) is 38.5 Å². The van der Waals surface area contributed by atoms with E-state index in [1.165, 1.54) is 12.8 Å². The van der Waals surface area contributed by atoms with E-state index in [0.717, 1.165) is 43.6 Å². The summed E-state index contributed by atoms with van der Waals surface area (Å²) >= 11 is 0. The van der Waals surface area contributed by atoms with Gasteiger partial charge >= 0.3 is 0 Å². The van der Waals surface area contributed by atoms with E-state index in [1.807, 2.05) is 6.07 Å². The van der Waals surface area contributed by atoms with Crippen molar-refractivity contribution in [3.63, 3.8) is 0 Å². The fourth-order valence-corrected chi connectivity index (χ4v) is 3.06. The van der Waals surface area contributed by atoms with E-state index in [2.05, 4.69) is 15.6 Å². The molecule has 0 bridgehead atoms. The zero-order valence-corrected chi connectivity index (χ0v) is 10.5. The van der Waals surface area contributed by atoms with Gasteiger partial charge in [0.05, 0.1) is 23.0 Å². The van der Waals surface area contributed by atoms with Gasteiger partial charge in [0, 0.05) is 12.7 Å². The number of carbonyl (C=O) groups excluding carboxylic acids is 1. The molecule has 2 N–H and O–H groups in total. The molecule has 1 spiro atoms. The first-order chi connectivity index (χ1) is 8.80. The molecule has 1 fully saturated rings. The van der Waals surface area contributed by atoms with Gasteiger partial charge in [-0.2, -0.15) is 0 Å². The Bertz CT molecular complexity index is 450. The Morgan fingerprint density at radius 1 is 1.11 bits per heavy atom. The van der Waals surface area contributed by atoms with E-state index in [4.69, 9.17) is 0 Å². The van der Waals surface area contributed by atoms with E-state index in [-0.39, 0.29) is 11.3 Å². The highest BCUT2D eigenvalue weighted by Gasteiger charge is 2.40. The van der Waals surface area contributed by atoms with Gasteiger partial charge in [-0.1, -0.05) is 25.7 Å². The van der Waals surface area contributed by atoms with Gasteiger partial charge in [-0.25, -0.2) is 0 Å². The van der Waals surface area contributed by atoms with E-state index in [9.17, 15) is 4.79 Å². The Balaban J connectivity index is 1.90. The van der Waals surface area contributed by atoms with Crippen LogP contribution in [0.25, 0.3) is 0 Å². The minimum Gasteiger partial charge on any atom is -0.382 e. The van der Waals surface area contributed by atoms with Crippen LogP contribution in [0.5, 0.6) is 0 Å². The van der Waals surface area contributed by atoms with Crippen molar-refractivity contribution in [3.05, 3.63) is 18.5 Å². The molecule has 2 heterocycles. The third-order valence-corrected chi connectivity index (χ3v) is 4.23. The van der Waals surface area contributed by atoms with Crippen LogP contribution in [0.15, 0.2) is 18.5 Å². The van der Waals surface area contributed by atoms with Crippen molar-refractivity contribution in [1.29, 1.82) is 0 Å². The Morgan fingerprint density at radius 3 is 2.67 bits per heavy atom. The largest absolute Gasteiger partial charge is 0.382 e. The number of nitrogens with zero attached hydrogens (tertiary/aromatic N) is 1. The molecule has 2 aliphatic rings. The second kappa shape index (κ2) is 4.59. The molecule has 0 aromatic carbocycles. The van der Waals surface area contributed by atoms with E-state index in [0.29, 0.717) is 0 Å². The fourth-order valence-electron chi connectivity index (χ4n) is 3.06. The molecule has 1 aromatic heterocycles. The van der Waals surface area contributed by atoms with Crippen molar-refractivity contribution >= 4 is 17.3 Å². The molecule has 4 nitrogen and oxygen atoms in total. The summed E-state index contributed by atoms with van der Waals surface area (Å²) < 4.78 is 0. The molecular formula is C14H19N3O. The second-order valence-electron chi connectivity index (χ2n) is 5.42. The molecule has 3 rings (SSSR count). The maximum atomic E-state index is 12.5. The predicted octanol–water partition coefficient (Wildman–Crippen LogP) is 2.79. The lowest BCUT2D eigenvalue weighted by molar-refractivity contribution is -0.125. The molecule has 18 heavy (non-hydrogen) atoms. The molecular weight excluding hydrogens is 226 g/mol. The summed E-state index contributed by atoms with van der Waals surface area (Å²) in [6.45, 7) is 0.746. The molecule has 0 radical (unpaired) electrons. The maximum absolute atomic E-state index is 12.5. The number of nitrogens with one attached hydrogen (secondary N) is 2. The van der Waals surface area contributed by atoms with Crippen LogP contribution < -0.4 is 10.6 Å². The topological polar surface area (TPSA) is 54.0 Å². The predicted molar refractivity (Wildman–Crippen MR) is 71.5 cm³/mol. The zero-order chi connectivity index (χ0) is 12.4. The fraction of sp³-hybridized carbons (Fsp3) is 0.571. The second-order valence-corrected chi connectivity index (χ2v) is 5.42. The lowest BCUT2D eigenvalue weighted by Gasteiger charge is -2.29. The van der Waals surface area contributed by atoms with Crippen LogP contribution in [0.3, 0.4) is 0 Å². The van der Waals surface area contributed by atoms with Crippen molar-refractivity contribution in [2.24, 2.45) is 5.41 Å². The highest BCUT2D eigenvalue weighted by Crippen LogP contribution is 2.39. The number of hydrogen-bond donors (Lipinski definition) is 2. The summed E-state index contributed by atoms with van der Waals surface area (Å²) in [6, 6.07) is 1.92. The summed E-state index contributed by atoms with van der Waals surface area (Å²) in [6.07, 6.45) is 10.3. The number of rotatable bonds is 0. The SMILES string of the molecule is O=C1Nc2cnccc2NCC12CCCCCC2. The molecule has 1 aromatic rings. The van der Waals surface area contributed by atoms with Gasteiger partial charge in [-0.15, -0.1) is 0 Å². The van der Waals surface area contributed by atoms with Crippen molar-refractivity contribution in [2.75, 3.05) is 17.2 Å². The van der Waals surface area contributed by atoms with Crippen LogP contribution in [-0.4, -0.2) is 17.4 Å². The number of carbonyl (C=O) groups is 1. The number of hydrogen-bond acceptors (Lipinski definition) is 3. The standard InChI is InChI=1S/C14H19N3O/c18-13-14(6-3-1-2-4-7-14)10-16-11-5-8-15-9-12(11)17-13/h5,8-9,16H,1-4,6-7,10H2,(H,17,18). The Hall–Kier alpha value is -1.58. The molecule has 0 atom stereocenters. The van der Waals surface area contributed by atoms with Gasteiger partial charge in [0.1, 0.15) is 0 Å². The van der Waals surface area contributed by atoms with Crippen LogP contribution in [0, 0.1) is 5.41 Å². The van der Waals surface area contributed by atoms with Crippen LogP contribution in [0.2, 0.25) is 0 Å².